The van der Waals surface area contributed by atoms with Gasteiger partial charge in [-0.2, -0.15) is 0 Å². The zero-order valence-corrected chi connectivity index (χ0v) is 7.78. The van der Waals surface area contributed by atoms with E-state index in [9.17, 15) is 9.59 Å². The molecule has 0 aliphatic rings. The maximum absolute atomic E-state index is 10.9. The van der Waals surface area contributed by atoms with Gasteiger partial charge in [-0.05, 0) is 6.42 Å². The number of carbonyl (C=O) groups excluding carboxylic acids is 2. The van der Waals surface area contributed by atoms with Crippen LogP contribution in [0.15, 0.2) is 0 Å². The van der Waals surface area contributed by atoms with Crippen LogP contribution < -0.4 is 10.9 Å². The Morgan fingerprint density at radius 2 is 1.83 bits per heavy atom. The summed E-state index contributed by atoms with van der Waals surface area (Å²) in [5, 5.41) is 0. The van der Waals surface area contributed by atoms with Crippen molar-refractivity contribution in [3.8, 4) is 0 Å². The number of halogens is 1. The fourth-order valence-electron chi connectivity index (χ4n) is 0.573. The van der Waals surface area contributed by atoms with Gasteiger partial charge in [-0.1, -0.05) is 13.3 Å². The molecule has 0 aliphatic heterocycles. The van der Waals surface area contributed by atoms with E-state index in [1.807, 2.05) is 6.92 Å². The molecule has 0 aromatic heterocycles. The lowest BCUT2D eigenvalue weighted by Gasteiger charge is -2.04. The van der Waals surface area contributed by atoms with Crippen LogP contribution in [0.3, 0.4) is 0 Å². The minimum atomic E-state index is -0.401. The summed E-state index contributed by atoms with van der Waals surface area (Å²) in [6.07, 6.45) is 2.21. The molecule has 0 atom stereocenters. The van der Waals surface area contributed by atoms with Crippen molar-refractivity contribution in [2.75, 3.05) is 5.88 Å². The molecule has 0 heterocycles. The van der Waals surface area contributed by atoms with Gasteiger partial charge in [0.15, 0.2) is 0 Å². The first-order valence-corrected chi connectivity index (χ1v) is 4.37. The Kier molecular flexibility index (Phi) is 6.47. The van der Waals surface area contributed by atoms with E-state index in [-0.39, 0.29) is 11.8 Å². The van der Waals surface area contributed by atoms with Crippen molar-refractivity contribution in [2.24, 2.45) is 0 Å². The van der Waals surface area contributed by atoms with Gasteiger partial charge < -0.3 is 0 Å². The van der Waals surface area contributed by atoms with E-state index in [0.29, 0.717) is 6.42 Å². The molecule has 0 bridgehead atoms. The highest BCUT2D eigenvalue weighted by atomic mass is 35.5. The number of alkyl halides is 1. The number of unbranched alkanes of at least 4 members (excludes halogenated alkanes) is 1. The minimum Gasteiger partial charge on any atom is -0.273 e. The molecule has 0 saturated carbocycles. The third-order valence-electron chi connectivity index (χ3n) is 1.22. The molecule has 0 rings (SSSR count). The summed E-state index contributed by atoms with van der Waals surface area (Å²) in [7, 11) is 0. The standard InChI is InChI=1S/C7H13ClN2O2/c1-2-3-4-6(11)9-10-7(12)5-8/h2-5H2,1H3,(H,9,11)(H,10,12). The molecule has 2 amide bonds. The van der Waals surface area contributed by atoms with Crippen LogP contribution in [0.2, 0.25) is 0 Å². The minimum absolute atomic E-state index is 0.145. The number of rotatable bonds is 4. The number of hydrogen-bond donors (Lipinski definition) is 2. The van der Waals surface area contributed by atoms with Crippen LogP contribution in [0.4, 0.5) is 0 Å². The second kappa shape index (κ2) is 6.91. The summed E-state index contributed by atoms with van der Waals surface area (Å²) in [6, 6.07) is 0. The summed E-state index contributed by atoms with van der Waals surface area (Å²) in [6.45, 7) is 1.99. The summed E-state index contributed by atoms with van der Waals surface area (Å²) in [5.41, 5.74) is 4.42. The highest BCUT2D eigenvalue weighted by molar-refractivity contribution is 6.27. The van der Waals surface area contributed by atoms with Gasteiger partial charge in [-0.15, -0.1) is 11.6 Å². The van der Waals surface area contributed by atoms with Crippen LogP contribution in [0.25, 0.3) is 0 Å². The maximum atomic E-state index is 10.9. The maximum Gasteiger partial charge on any atom is 0.253 e. The zero-order valence-electron chi connectivity index (χ0n) is 7.02. The molecule has 0 fully saturated rings. The Labute approximate surface area is 76.6 Å². The average Bonchev–Trinajstić information content (AvgIpc) is 2.10. The van der Waals surface area contributed by atoms with Gasteiger partial charge in [-0.3, -0.25) is 20.4 Å². The molecule has 4 nitrogen and oxygen atoms in total. The highest BCUT2D eigenvalue weighted by Gasteiger charge is 2.01. The van der Waals surface area contributed by atoms with Gasteiger partial charge in [0, 0.05) is 6.42 Å². The molecule has 0 spiro atoms. The topological polar surface area (TPSA) is 58.2 Å². The van der Waals surface area contributed by atoms with Gasteiger partial charge in [-0.25, -0.2) is 0 Å². The van der Waals surface area contributed by atoms with Crippen LogP contribution in [0, 0.1) is 0 Å². The highest BCUT2D eigenvalue weighted by Crippen LogP contribution is 1.91. The summed E-state index contributed by atoms with van der Waals surface area (Å²) >= 11 is 5.18. The SMILES string of the molecule is CCCCC(=O)NNC(=O)CCl. The largest absolute Gasteiger partial charge is 0.273 e. The van der Waals surface area contributed by atoms with Crippen molar-refractivity contribution in [1.29, 1.82) is 0 Å². The van der Waals surface area contributed by atoms with Crippen molar-refractivity contribution in [2.45, 2.75) is 26.2 Å². The van der Waals surface area contributed by atoms with Gasteiger partial charge in [0.25, 0.3) is 5.91 Å². The Balaban J connectivity index is 3.37. The predicted molar refractivity (Wildman–Crippen MR) is 46.5 cm³/mol. The number of hydrazine groups is 1. The smallest absolute Gasteiger partial charge is 0.253 e. The molecule has 2 N–H and O–H groups in total. The molecular formula is C7H13ClN2O2. The van der Waals surface area contributed by atoms with Gasteiger partial charge in [0.1, 0.15) is 5.88 Å². The Bertz CT molecular complexity index is 161. The molecule has 0 aliphatic carbocycles. The molecule has 0 aromatic rings. The van der Waals surface area contributed by atoms with Crippen molar-refractivity contribution in [3.05, 3.63) is 0 Å². The van der Waals surface area contributed by atoms with Crippen molar-refractivity contribution in [1.82, 2.24) is 10.9 Å². The quantitative estimate of drug-likeness (QED) is 0.505. The number of amides is 2. The normalized spacial score (nSPS) is 9.17. The lowest BCUT2D eigenvalue weighted by molar-refractivity contribution is -0.127. The Morgan fingerprint density at radius 1 is 1.25 bits per heavy atom. The van der Waals surface area contributed by atoms with Gasteiger partial charge >= 0.3 is 0 Å². The van der Waals surface area contributed by atoms with Crippen molar-refractivity contribution < 1.29 is 9.59 Å². The second-order valence-electron chi connectivity index (χ2n) is 2.33. The fourth-order valence-corrected chi connectivity index (χ4v) is 0.639. The molecule has 0 unspecified atom stereocenters. The fraction of sp³-hybridized carbons (Fsp3) is 0.714. The van der Waals surface area contributed by atoms with Gasteiger partial charge in [0.2, 0.25) is 5.91 Å². The number of hydrogen-bond acceptors (Lipinski definition) is 2. The first-order chi connectivity index (χ1) is 5.70. The third-order valence-corrected chi connectivity index (χ3v) is 1.46. The van der Waals surface area contributed by atoms with E-state index < -0.39 is 5.91 Å². The summed E-state index contributed by atoms with van der Waals surface area (Å²) < 4.78 is 0. The van der Waals surface area contributed by atoms with Crippen LogP contribution in [0.5, 0.6) is 0 Å². The molecule has 0 saturated heterocycles. The molecule has 12 heavy (non-hydrogen) atoms. The Morgan fingerprint density at radius 3 is 2.33 bits per heavy atom. The molecule has 5 heteroatoms. The van der Waals surface area contributed by atoms with E-state index >= 15 is 0 Å². The molecular weight excluding hydrogens is 180 g/mol. The van der Waals surface area contributed by atoms with E-state index in [0.717, 1.165) is 12.8 Å². The lowest BCUT2D eigenvalue weighted by atomic mass is 10.2. The predicted octanol–water partition coefficient (Wildman–Crippen LogP) is 0.563. The van der Waals surface area contributed by atoms with E-state index in [1.165, 1.54) is 0 Å². The monoisotopic (exact) mass is 192 g/mol. The Hall–Kier alpha value is -0.770. The van der Waals surface area contributed by atoms with Crippen molar-refractivity contribution in [3.63, 3.8) is 0 Å². The first-order valence-electron chi connectivity index (χ1n) is 3.84. The van der Waals surface area contributed by atoms with Crippen LogP contribution >= 0.6 is 11.6 Å². The molecule has 0 radical (unpaired) electrons. The number of carbonyl (C=O) groups is 2. The van der Waals surface area contributed by atoms with E-state index in [1.54, 1.807) is 0 Å². The lowest BCUT2D eigenvalue weighted by Crippen LogP contribution is -2.42. The first kappa shape index (κ1) is 11.2. The molecule has 0 aromatic carbocycles. The molecule has 70 valence electrons. The zero-order chi connectivity index (χ0) is 9.40. The van der Waals surface area contributed by atoms with E-state index in [4.69, 9.17) is 11.6 Å². The van der Waals surface area contributed by atoms with Crippen LogP contribution in [-0.2, 0) is 9.59 Å². The van der Waals surface area contributed by atoms with Gasteiger partial charge in [0.05, 0.1) is 0 Å². The summed E-state index contributed by atoms with van der Waals surface area (Å²) in [4.78, 5) is 21.4. The van der Waals surface area contributed by atoms with E-state index in [2.05, 4.69) is 10.9 Å². The third kappa shape index (κ3) is 5.97. The summed E-state index contributed by atoms with van der Waals surface area (Å²) in [5.74, 6) is -0.731. The van der Waals surface area contributed by atoms with Crippen molar-refractivity contribution >= 4 is 23.4 Å². The number of nitrogens with one attached hydrogen (secondary N) is 2. The van der Waals surface area contributed by atoms with Crippen LogP contribution in [-0.4, -0.2) is 17.7 Å². The average molecular weight is 193 g/mol. The second-order valence-corrected chi connectivity index (χ2v) is 2.60. The van der Waals surface area contributed by atoms with Crippen LogP contribution in [0.1, 0.15) is 26.2 Å².